The van der Waals surface area contributed by atoms with Crippen molar-refractivity contribution in [2.75, 3.05) is 22.1 Å². The summed E-state index contributed by atoms with van der Waals surface area (Å²) in [6, 6.07) is 4.46. The number of pyridine rings is 1. The van der Waals surface area contributed by atoms with Crippen molar-refractivity contribution in [2.45, 2.75) is 76.2 Å². The fourth-order valence-corrected chi connectivity index (χ4v) is 5.74. The van der Waals surface area contributed by atoms with Crippen LogP contribution >= 0.6 is 0 Å². The molecule has 0 bridgehead atoms. The zero-order chi connectivity index (χ0) is 24.5. The van der Waals surface area contributed by atoms with Crippen LogP contribution in [0.5, 0.6) is 0 Å². The maximum Gasteiger partial charge on any atom is 0.247 e. The summed E-state index contributed by atoms with van der Waals surface area (Å²) in [5.74, 6) is 1.95. The monoisotopic (exact) mass is 490 g/mol. The molecule has 1 unspecified atom stereocenters. The lowest BCUT2D eigenvalue weighted by Crippen LogP contribution is -2.48. The second kappa shape index (κ2) is 9.83. The molecule has 0 radical (unpaired) electrons. The third-order valence-electron chi connectivity index (χ3n) is 7.62. The number of carbonyl (C=O) groups is 1. The van der Waals surface area contributed by atoms with E-state index in [2.05, 4.69) is 31.9 Å². The lowest BCUT2D eigenvalue weighted by molar-refractivity contribution is -0.117. The number of anilines is 4. The summed E-state index contributed by atoms with van der Waals surface area (Å²) in [7, 11) is 0. The van der Waals surface area contributed by atoms with E-state index in [4.69, 9.17) is 9.97 Å². The molecule has 1 saturated carbocycles. The molecule has 2 fully saturated rings. The quantitative estimate of drug-likeness (QED) is 0.432. The molecule has 1 amide bonds. The highest BCUT2D eigenvalue weighted by Crippen LogP contribution is 2.35. The predicted molar refractivity (Wildman–Crippen MR) is 135 cm³/mol. The molecular formula is C26H31FN8O. The van der Waals surface area contributed by atoms with E-state index in [9.17, 15) is 9.18 Å². The summed E-state index contributed by atoms with van der Waals surface area (Å²) < 4.78 is 13.2. The second-order valence-electron chi connectivity index (χ2n) is 10.0. The van der Waals surface area contributed by atoms with Crippen LogP contribution in [0.1, 0.15) is 74.2 Å². The van der Waals surface area contributed by atoms with Crippen LogP contribution in [-0.2, 0) is 17.6 Å². The van der Waals surface area contributed by atoms with E-state index in [1.807, 2.05) is 4.90 Å². The Morgan fingerprint density at radius 3 is 2.75 bits per heavy atom. The highest BCUT2D eigenvalue weighted by atomic mass is 19.1. The number of piperidine rings is 1. The summed E-state index contributed by atoms with van der Waals surface area (Å²) in [5.41, 5.74) is 3.84. The topological polar surface area (TPSA) is 112 Å². The molecule has 10 heteroatoms. The van der Waals surface area contributed by atoms with Gasteiger partial charge in [0.15, 0.2) is 5.82 Å². The smallest absolute Gasteiger partial charge is 0.247 e. The molecule has 1 aliphatic heterocycles. The van der Waals surface area contributed by atoms with Gasteiger partial charge in [0.05, 0.1) is 17.6 Å². The zero-order valence-corrected chi connectivity index (χ0v) is 20.3. The lowest BCUT2D eigenvalue weighted by atomic mass is 10.0. The third kappa shape index (κ3) is 4.64. The van der Waals surface area contributed by atoms with Gasteiger partial charge in [-0.25, -0.2) is 9.97 Å². The minimum absolute atomic E-state index is 0.157. The Balaban J connectivity index is 1.25. The molecule has 3 aromatic rings. The number of aromatic amines is 1. The van der Waals surface area contributed by atoms with Crippen LogP contribution in [0.4, 0.5) is 27.7 Å². The van der Waals surface area contributed by atoms with Crippen molar-refractivity contribution in [3.8, 4) is 0 Å². The third-order valence-corrected chi connectivity index (χ3v) is 7.62. The molecule has 9 nitrogen and oxygen atoms in total. The van der Waals surface area contributed by atoms with E-state index in [0.717, 1.165) is 55.0 Å². The van der Waals surface area contributed by atoms with E-state index in [-0.39, 0.29) is 5.91 Å². The molecule has 36 heavy (non-hydrogen) atoms. The predicted octanol–water partition coefficient (Wildman–Crippen LogP) is 4.62. The molecule has 1 saturated heterocycles. The number of aromatic nitrogens is 5. The molecular weight excluding hydrogens is 459 g/mol. The standard InChI is InChI=1S/C26H31FN8O/c27-22-12-11-17(15-28-22)29-25(36)21-10-3-4-13-35(21)26-30-19-9-5-8-18(19)24(32-26)31-23-14-20(33-34-23)16-6-1-2-7-16/h11-12,14-16,21H,1-10,13H2,(H,29,36)(H2,30,31,32,33,34). The number of rotatable bonds is 6. The van der Waals surface area contributed by atoms with Crippen LogP contribution < -0.4 is 15.5 Å². The fraction of sp³-hybridized carbons (Fsp3) is 0.500. The van der Waals surface area contributed by atoms with Gasteiger partial charge < -0.3 is 15.5 Å². The maximum atomic E-state index is 13.2. The Bertz CT molecular complexity index is 1240. The molecule has 0 aromatic carbocycles. The molecule has 3 N–H and O–H groups in total. The van der Waals surface area contributed by atoms with Crippen molar-refractivity contribution >= 4 is 29.2 Å². The molecule has 188 valence electrons. The number of H-pyrrole nitrogens is 1. The van der Waals surface area contributed by atoms with Gasteiger partial charge in [0.2, 0.25) is 17.8 Å². The molecule has 2 aliphatic carbocycles. The molecule has 6 rings (SSSR count). The number of amides is 1. The average Bonchev–Trinajstić information content (AvgIpc) is 3.67. The van der Waals surface area contributed by atoms with Gasteiger partial charge in [-0.3, -0.25) is 9.89 Å². The lowest BCUT2D eigenvalue weighted by Gasteiger charge is -2.35. The first-order valence-electron chi connectivity index (χ1n) is 13.1. The normalized spacial score (nSPS) is 19.9. The van der Waals surface area contributed by atoms with Gasteiger partial charge in [0, 0.05) is 29.8 Å². The summed E-state index contributed by atoms with van der Waals surface area (Å²) >= 11 is 0. The Morgan fingerprint density at radius 1 is 1.06 bits per heavy atom. The number of nitrogens with one attached hydrogen (secondary N) is 3. The number of carbonyl (C=O) groups excluding carboxylic acids is 1. The van der Waals surface area contributed by atoms with Gasteiger partial charge in [-0.05, 0) is 63.5 Å². The van der Waals surface area contributed by atoms with Crippen molar-refractivity contribution < 1.29 is 9.18 Å². The van der Waals surface area contributed by atoms with E-state index in [1.54, 1.807) is 0 Å². The molecule has 3 aromatic heterocycles. The van der Waals surface area contributed by atoms with E-state index >= 15 is 0 Å². The van der Waals surface area contributed by atoms with Gasteiger partial charge in [0.25, 0.3) is 0 Å². The van der Waals surface area contributed by atoms with Crippen LogP contribution in [-0.4, -0.2) is 43.6 Å². The van der Waals surface area contributed by atoms with E-state index in [0.29, 0.717) is 30.5 Å². The maximum absolute atomic E-state index is 13.2. The summed E-state index contributed by atoms with van der Waals surface area (Å²) in [6.45, 7) is 0.701. The van der Waals surface area contributed by atoms with E-state index < -0.39 is 12.0 Å². The minimum Gasteiger partial charge on any atom is -0.329 e. The van der Waals surface area contributed by atoms with Gasteiger partial charge in [-0.15, -0.1) is 0 Å². The number of hydrogen-bond acceptors (Lipinski definition) is 7. The highest BCUT2D eigenvalue weighted by molar-refractivity contribution is 5.96. The fourth-order valence-electron chi connectivity index (χ4n) is 5.74. The van der Waals surface area contributed by atoms with Gasteiger partial charge in [0.1, 0.15) is 11.9 Å². The molecule has 3 aliphatic rings. The van der Waals surface area contributed by atoms with Crippen LogP contribution in [0.15, 0.2) is 24.4 Å². The summed E-state index contributed by atoms with van der Waals surface area (Å²) in [6.07, 6.45) is 11.8. The van der Waals surface area contributed by atoms with Crippen LogP contribution in [0.3, 0.4) is 0 Å². The molecule has 1 atom stereocenters. The number of hydrogen-bond donors (Lipinski definition) is 3. The van der Waals surface area contributed by atoms with Gasteiger partial charge >= 0.3 is 0 Å². The van der Waals surface area contributed by atoms with Gasteiger partial charge in [-0.2, -0.15) is 14.5 Å². The largest absolute Gasteiger partial charge is 0.329 e. The Hall–Kier alpha value is -3.56. The Morgan fingerprint density at radius 2 is 1.92 bits per heavy atom. The van der Waals surface area contributed by atoms with E-state index in [1.165, 1.54) is 49.7 Å². The van der Waals surface area contributed by atoms with Crippen molar-refractivity contribution in [1.82, 2.24) is 25.1 Å². The first-order valence-corrected chi connectivity index (χ1v) is 13.1. The van der Waals surface area contributed by atoms with Crippen molar-refractivity contribution in [3.05, 3.63) is 47.3 Å². The number of aryl methyl sites for hydroxylation is 1. The average molecular weight is 491 g/mol. The van der Waals surface area contributed by atoms with Crippen LogP contribution in [0.25, 0.3) is 0 Å². The molecule has 4 heterocycles. The number of fused-ring (bicyclic) bond motifs is 1. The number of halogens is 1. The second-order valence-corrected chi connectivity index (χ2v) is 10.0. The summed E-state index contributed by atoms with van der Waals surface area (Å²) in [5, 5.41) is 14.1. The van der Waals surface area contributed by atoms with Gasteiger partial charge in [-0.1, -0.05) is 12.8 Å². The summed E-state index contributed by atoms with van der Waals surface area (Å²) in [4.78, 5) is 28.7. The van der Waals surface area contributed by atoms with Crippen molar-refractivity contribution in [2.24, 2.45) is 0 Å². The zero-order valence-electron chi connectivity index (χ0n) is 20.3. The SMILES string of the molecule is O=C(Nc1ccc(F)nc1)C1CCCCN1c1nc2c(c(Nc3cc(C4CCCC4)[nH]n3)n1)CCC2. The van der Waals surface area contributed by atoms with Crippen molar-refractivity contribution in [3.63, 3.8) is 0 Å². The first-order chi connectivity index (χ1) is 17.6. The molecule has 0 spiro atoms. The number of nitrogens with zero attached hydrogens (tertiary/aromatic N) is 5. The Kier molecular flexibility index (Phi) is 6.25. The first kappa shape index (κ1) is 22.9. The van der Waals surface area contributed by atoms with Crippen LogP contribution in [0, 0.1) is 5.95 Å². The van der Waals surface area contributed by atoms with Crippen LogP contribution in [0.2, 0.25) is 0 Å². The highest BCUT2D eigenvalue weighted by Gasteiger charge is 2.32. The minimum atomic E-state index is -0.578. The van der Waals surface area contributed by atoms with Crippen molar-refractivity contribution in [1.29, 1.82) is 0 Å². The Labute approximate surface area is 209 Å².